The Morgan fingerprint density at radius 1 is 1.21 bits per heavy atom. The molecule has 114 valence electrons. The van der Waals surface area contributed by atoms with Crippen molar-refractivity contribution in [3.05, 3.63) is 0 Å². The molecule has 1 fully saturated rings. The molecule has 4 nitrogen and oxygen atoms in total. The van der Waals surface area contributed by atoms with E-state index in [-0.39, 0.29) is 12.8 Å². The zero-order valence-electron chi connectivity index (χ0n) is 11.2. The van der Waals surface area contributed by atoms with Crippen LogP contribution < -0.4 is 4.72 Å². The van der Waals surface area contributed by atoms with Gasteiger partial charge in [-0.2, -0.15) is 30.6 Å². The van der Waals surface area contributed by atoms with E-state index in [4.69, 9.17) is 0 Å². The van der Waals surface area contributed by atoms with Crippen molar-refractivity contribution < 1.29 is 21.6 Å². The van der Waals surface area contributed by atoms with E-state index in [0.29, 0.717) is 25.9 Å². The molecule has 1 N–H and O–H groups in total. The summed E-state index contributed by atoms with van der Waals surface area (Å²) in [5.74, 6) is -1.40. The van der Waals surface area contributed by atoms with Crippen molar-refractivity contribution in [2.45, 2.75) is 51.7 Å². The average molecular weight is 302 g/mol. The first-order valence-electron chi connectivity index (χ1n) is 6.54. The van der Waals surface area contributed by atoms with Crippen LogP contribution >= 0.6 is 0 Å². The third-order valence-electron chi connectivity index (χ3n) is 3.50. The maximum atomic E-state index is 12.7. The number of hydrogen-bond donors (Lipinski definition) is 1. The predicted molar refractivity (Wildman–Crippen MR) is 66.8 cm³/mol. The molecule has 0 aromatic carbocycles. The topological polar surface area (TPSA) is 49.4 Å². The lowest BCUT2D eigenvalue weighted by atomic mass is 9.86. The first kappa shape index (κ1) is 16.7. The molecule has 0 aliphatic heterocycles. The van der Waals surface area contributed by atoms with Gasteiger partial charge >= 0.3 is 6.18 Å². The summed E-state index contributed by atoms with van der Waals surface area (Å²) in [6.07, 6.45) is -3.45. The Hall–Kier alpha value is -0.340. The monoisotopic (exact) mass is 302 g/mol. The van der Waals surface area contributed by atoms with Crippen LogP contribution in [0.3, 0.4) is 0 Å². The quantitative estimate of drug-likeness (QED) is 0.847. The van der Waals surface area contributed by atoms with Crippen LogP contribution in [0.25, 0.3) is 0 Å². The van der Waals surface area contributed by atoms with Gasteiger partial charge in [-0.05, 0) is 19.3 Å². The zero-order chi connectivity index (χ0) is 14.7. The van der Waals surface area contributed by atoms with E-state index < -0.39 is 28.3 Å². The minimum Gasteiger partial charge on any atom is -0.199 e. The molecule has 1 aliphatic rings. The molecule has 0 unspecified atom stereocenters. The number of alkyl halides is 3. The molecule has 0 bridgehead atoms. The summed E-state index contributed by atoms with van der Waals surface area (Å²) in [4.78, 5) is 0. The first-order valence-corrected chi connectivity index (χ1v) is 7.98. The largest absolute Gasteiger partial charge is 0.391 e. The Balaban J connectivity index is 2.67. The molecule has 0 heterocycles. The van der Waals surface area contributed by atoms with Crippen LogP contribution in [-0.2, 0) is 10.2 Å². The van der Waals surface area contributed by atoms with Crippen molar-refractivity contribution in [1.82, 2.24) is 9.03 Å². The molecule has 1 aliphatic carbocycles. The third-order valence-corrected chi connectivity index (χ3v) is 5.33. The van der Waals surface area contributed by atoms with Gasteiger partial charge in [0.2, 0.25) is 0 Å². The van der Waals surface area contributed by atoms with Gasteiger partial charge in [0.05, 0.1) is 5.92 Å². The molecule has 2 atom stereocenters. The van der Waals surface area contributed by atoms with E-state index in [1.807, 2.05) is 0 Å². The normalized spacial score (nSPS) is 25.8. The van der Waals surface area contributed by atoms with Gasteiger partial charge in [-0.3, -0.25) is 0 Å². The predicted octanol–water partition coefficient (Wildman–Crippen LogP) is 2.28. The van der Waals surface area contributed by atoms with Crippen LogP contribution in [0.4, 0.5) is 13.2 Å². The van der Waals surface area contributed by atoms with Crippen molar-refractivity contribution >= 4 is 10.2 Å². The number of rotatable bonds is 5. The Labute approximate surface area is 112 Å². The Kier molecular flexibility index (Phi) is 5.64. The third kappa shape index (κ3) is 4.61. The van der Waals surface area contributed by atoms with Crippen molar-refractivity contribution in [1.29, 1.82) is 0 Å². The SMILES string of the molecule is CCN(CC)S(=O)(=O)N[C@H]1CCC[C@@H](C(F)(F)F)C1. The van der Waals surface area contributed by atoms with Crippen LogP contribution in [0.15, 0.2) is 0 Å². The maximum absolute atomic E-state index is 12.7. The second kappa shape index (κ2) is 6.41. The number of nitrogens with one attached hydrogen (secondary N) is 1. The second-order valence-electron chi connectivity index (χ2n) is 4.81. The second-order valence-corrected chi connectivity index (χ2v) is 6.51. The van der Waals surface area contributed by atoms with Gasteiger partial charge in [-0.1, -0.05) is 20.3 Å². The Morgan fingerprint density at radius 3 is 2.26 bits per heavy atom. The fourth-order valence-electron chi connectivity index (χ4n) is 2.44. The van der Waals surface area contributed by atoms with Gasteiger partial charge in [0.1, 0.15) is 0 Å². The number of nitrogens with zero attached hydrogens (tertiary/aromatic N) is 1. The van der Waals surface area contributed by atoms with E-state index in [1.165, 1.54) is 4.31 Å². The molecule has 0 spiro atoms. The van der Waals surface area contributed by atoms with Crippen LogP contribution in [0.1, 0.15) is 39.5 Å². The summed E-state index contributed by atoms with van der Waals surface area (Å²) in [5.41, 5.74) is 0. The minimum absolute atomic E-state index is 0.0903. The van der Waals surface area contributed by atoms with E-state index >= 15 is 0 Å². The van der Waals surface area contributed by atoms with Crippen molar-refractivity contribution in [2.24, 2.45) is 5.92 Å². The van der Waals surface area contributed by atoms with E-state index in [2.05, 4.69) is 4.72 Å². The molecule has 1 saturated carbocycles. The highest BCUT2D eigenvalue weighted by Gasteiger charge is 2.43. The first-order chi connectivity index (χ1) is 8.70. The average Bonchev–Trinajstić information content (AvgIpc) is 2.28. The van der Waals surface area contributed by atoms with Gasteiger partial charge < -0.3 is 0 Å². The zero-order valence-corrected chi connectivity index (χ0v) is 12.0. The maximum Gasteiger partial charge on any atom is 0.391 e. The van der Waals surface area contributed by atoms with Crippen LogP contribution in [0.2, 0.25) is 0 Å². The van der Waals surface area contributed by atoms with Crippen molar-refractivity contribution in [3.8, 4) is 0 Å². The van der Waals surface area contributed by atoms with Crippen molar-refractivity contribution in [2.75, 3.05) is 13.1 Å². The molecule has 0 amide bonds. The Morgan fingerprint density at radius 2 is 1.79 bits per heavy atom. The van der Waals surface area contributed by atoms with Gasteiger partial charge in [0, 0.05) is 19.1 Å². The summed E-state index contributed by atoms with van der Waals surface area (Å²) in [5, 5.41) is 0. The highest BCUT2D eigenvalue weighted by Crippen LogP contribution is 2.37. The lowest BCUT2D eigenvalue weighted by Gasteiger charge is -2.32. The molecule has 0 radical (unpaired) electrons. The minimum atomic E-state index is -4.24. The molecular weight excluding hydrogens is 281 g/mol. The summed E-state index contributed by atoms with van der Waals surface area (Å²) in [6, 6.07) is -0.619. The van der Waals surface area contributed by atoms with Gasteiger partial charge in [-0.25, -0.2) is 0 Å². The smallest absolute Gasteiger partial charge is 0.199 e. The molecule has 0 saturated heterocycles. The van der Waals surface area contributed by atoms with Crippen LogP contribution in [0.5, 0.6) is 0 Å². The molecule has 1 rings (SSSR count). The molecular formula is C11H21F3N2O2S. The Bertz CT molecular complexity index is 380. The highest BCUT2D eigenvalue weighted by atomic mass is 32.2. The van der Waals surface area contributed by atoms with E-state index in [0.717, 1.165) is 0 Å². The molecule has 8 heteroatoms. The van der Waals surface area contributed by atoms with Gasteiger partial charge in [0.15, 0.2) is 0 Å². The lowest BCUT2D eigenvalue weighted by molar-refractivity contribution is -0.183. The molecule has 19 heavy (non-hydrogen) atoms. The van der Waals surface area contributed by atoms with Crippen LogP contribution in [0, 0.1) is 5.92 Å². The number of halogens is 3. The van der Waals surface area contributed by atoms with Crippen molar-refractivity contribution in [3.63, 3.8) is 0 Å². The molecule has 0 aromatic heterocycles. The molecule has 0 aromatic rings. The highest BCUT2D eigenvalue weighted by molar-refractivity contribution is 7.87. The summed E-state index contributed by atoms with van der Waals surface area (Å²) < 4.78 is 65.5. The fourth-order valence-corrected chi connectivity index (χ4v) is 3.91. The standard InChI is InChI=1S/C11H21F3N2O2S/c1-3-16(4-2)19(17,18)15-10-7-5-6-9(8-10)11(12,13)14/h9-10,15H,3-8H2,1-2H3/t9-,10+/m1/s1. The van der Waals surface area contributed by atoms with E-state index in [9.17, 15) is 21.6 Å². The van der Waals surface area contributed by atoms with Gasteiger partial charge in [0.25, 0.3) is 10.2 Å². The summed E-state index contributed by atoms with van der Waals surface area (Å²) in [7, 11) is -3.68. The summed E-state index contributed by atoms with van der Waals surface area (Å²) >= 11 is 0. The summed E-state index contributed by atoms with van der Waals surface area (Å²) in [6.45, 7) is 4.01. The van der Waals surface area contributed by atoms with Crippen LogP contribution in [-0.4, -0.2) is 38.0 Å². The fraction of sp³-hybridized carbons (Fsp3) is 1.00. The number of hydrogen-bond acceptors (Lipinski definition) is 2. The van der Waals surface area contributed by atoms with E-state index in [1.54, 1.807) is 13.8 Å². The lowest BCUT2D eigenvalue weighted by Crippen LogP contribution is -2.47. The van der Waals surface area contributed by atoms with Gasteiger partial charge in [-0.15, -0.1) is 0 Å².